The molecule has 5 nitrogen and oxygen atoms in total. The van der Waals surface area contributed by atoms with Crippen LogP contribution in [0.15, 0.2) is 65.8 Å². The first-order chi connectivity index (χ1) is 14.6. The number of nitrogens with zero attached hydrogens (tertiary/aromatic N) is 4. The van der Waals surface area contributed by atoms with E-state index in [0.29, 0.717) is 18.1 Å². The lowest BCUT2D eigenvalue weighted by Crippen LogP contribution is -2.05. The third-order valence-electron chi connectivity index (χ3n) is 4.77. The number of hydrogen-bond acceptors (Lipinski definition) is 4. The van der Waals surface area contributed by atoms with Crippen LogP contribution >= 0.6 is 0 Å². The SMILES string of the molecule is C/C=N\CN.CCc1c(C)ccn1-c1nc(-c2ccccc2F)nc2ccccc12. The molecule has 0 radical (unpaired) electrons. The monoisotopic (exact) mass is 403 g/mol. The van der Waals surface area contributed by atoms with Gasteiger partial charge in [0, 0.05) is 17.3 Å². The number of para-hydroxylation sites is 1. The van der Waals surface area contributed by atoms with E-state index in [-0.39, 0.29) is 5.82 Å². The molecule has 0 fully saturated rings. The molecule has 154 valence electrons. The Balaban J connectivity index is 0.000000461. The zero-order valence-electron chi connectivity index (χ0n) is 17.5. The van der Waals surface area contributed by atoms with Crippen LogP contribution in [-0.4, -0.2) is 27.4 Å². The van der Waals surface area contributed by atoms with Gasteiger partial charge in [0.25, 0.3) is 0 Å². The fourth-order valence-electron chi connectivity index (χ4n) is 3.32. The summed E-state index contributed by atoms with van der Waals surface area (Å²) in [6, 6.07) is 16.6. The first-order valence-corrected chi connectivity index (χ1v) is 9.94. The average molecular weight is 404 g/mol. The van der Waals surface area contributed by atoms with Gasteiger partial charge in [-0.3, -0.25) is 4.99 Å². The van der Waals surface area contributed by atoms with Crippen molar-refractivity contribution in [3.8, 4) is 17.2 Å². The summed E-state index contributed by atoms with van der Waals surface area (Å²) in [4.78, 5) is 13.0. The van der Waals surface area contributed by atoms with Crippen LogP contribution < -0.4 is 5.73 Å². The van der Waals surface area contributed by atoms with Crippen LogP contribution in [0.1, 0.15) is 25.1 Å². The molecule has 0 unspecified atom stereocenters. The van der Waals surface area contributed by atoms with E-state index >= 15 is 0 Å². The lowest BCUT2D eigenvalue weighted by molar-refractivity contribution is 0.630. The number of aromatic nitrogens is 3. The Hall–Kier alpha value is -3.38. The molecule has 2 aromatic heterocycles. The molecule has 4 aromatic rings. The predicted octanol–water partition coefficient (Wildman–Crippen LogP) is 5.09. The molecule has 0 saturated heterocycles. The molecule has 0 saturated carbocycles. The molecule has 0 aliphatic heterocycles. The molecule has 0 bridgehead atoms. The number of rotatable bonds is 4. The minimum absolute atomic E-state index is 0.317. The second kappa shape index (κ2) is 9.89. The number of benzene rings is 2. The van der Waals surface area contributed by atoms with Crippen molar-refractivity contribution in [3.63, 3.8) is 0 Å². The quantitative estimate of drug-likeness (QED) is 0.483. The molecule has 2 N–H and O–H groups in total. The number of fused-ring (bicyclic) bond motifs is 1. The van der Waals surface area contributed by atoms with E-state index in [4.69, 9.17) is 10.7 Å². The standard InChI is InChI=1S/C21H18FN3.C3H8N2/c1-3-19-14(2)12-13-25(19)21-16-9-5-7-11-18(16)23-20(24-21)15-8-4-6-10-17(15)22;1-2-5-3-4/h4-13H,3H2,1-2H3;2H,3-4H2,1H3/b;5-2-. The predicted molar refractivity (Wildman–Crippen MR) is 122 cm³/mol. The Morgan fingerprint density at radius 2 is 1.80 bits per heavy atom. The summed E-state index contributed by atoms with van der Waals surface area (Å²) in [5, 5.41) is 0.952. The normalized spacial score (nSPS) is 11.0. The van der Waals surface area contributed by atoms with Gasteiger partial charge in [-0.1, -0.05) is 31.2 Å². The number of aliphatic imine (C=N–C) groups is 1. The summed E-state index contributed by atoms with van der Waals surface area (Å²) in [6.45, 7) is 6.47. The minimum Gasteiger partial charge on any atom is -0.312 e. The molecule has 0 atom stereocenters. The third-order valence-corrected chi connectivity index (χ3v) is 4.77. The van der Waals surface area contributed by atoms with Crippen molar-refractivity contribution in [1.29, 1.82) is 0 Å². The van der Waals surface area contributed by atoms with Gasteiger partial charge in [0.1, 0.15) is 11.6 Å². The van der Waals surface area contributed by atoms with Crippen molar-refractivity contribution < 1.29 is 4.39 Å². The highest BCUT2D eigenvalue weighted by atomic mass is 19.1. The third kappa shape index (κ3) is 4.44. The first-order valence-electron chi connectivity index (χ1n) is 9.94. The Morgan fingerprint density at radius 3 is 2.47 bits per heavy atom. The van der Waals surface area contributed by atoms with Crippen LogP contribution in [0.4, 0.5) is 4.39 Å². The summed E-state index contributed by atoms with van der Waals surface area (Å²) in [6.07, 6.45) is 4.60. The van der Waals surface area contributed by atoms with Gasteiger partial charge in [-0.15, -0.1) is 0 Å². The van der Waals surface area contributed by atoms with Crippen LogP contribution in [0.25, 0.3) is 28.1 Å². The van der Waals surface area contributed by atoms with E-state index in [1.807, 2.05) is 37.4 Å². The van der Waals surface area contributed by atoms with Crippen molar-refractivity contribution in [2.45, 2.75) is 27.2 Å². The Kier molecular flexibility index (Phi) is 7.03. The van der Waals surface area contributed by atoms with Crippen LogP contribution in [-0.2, 0) is 6.42 Å². The number of nitrogens with two attached hydrogens (primary N) is 1. The Morgan fingerprint density at radius 1 is 1.07 bits per heavy atom. The zero-order valence-corrected chi connectivity index (χ0v) is 17.5. The molecule has 0 aliphatic carbocycles. The van der Waals surface area contributed by atoms with Crippen LogP contribution in [0, 0.1) is 12.7 Å². The highest BCUT2D eigenvalue weighted by Crippen LogP contribution is 2.27. The van der Waals surface area contributed by atoms with Gasteiger partial charge in [-0.25, -0.2) is 14.4 Å². The second-order valence-electron chi connectivity index (χ2n) is 6.66. The zero-order chi connectivity index (χ0) is 21.5. The summed E-state index contributed by atoms with van der Waals surface area (Å²) in [5.74, 6) is 0.872. The average Bonchev–Trinajstić information content (AvgIpc) is 3.14. The Bertz CT molecular complexity index is 1160. The highest BCUT2D eigenvalue weighted by molar-refractivity contribution is 5.87. The van der Waals surface area contributed by atoms with Crippen molar-refractivity contribution in [2.24, 2.45) is 10.7 Å². The minimum atomic E-state index is -0.317. The highest BCUT2D eigenvalue weighted by Gasteiger charge is 2.15. The van der Waals surface area contributed by atoms with Crippen molar-refractivity contribution in [1.82, 2.24) is 14.5 Å². The molecular weight excluding hydrogens is 377 g/mol. The number of halogens is 1. The van der Waals surface area contributed by atoms with Gasteiger partial charge in [0.15, 0.2) is 5.82 Å². The van der Waals surface area contributed by atoms with E-state index in [0.717, 1.165) is 23.1 Å². The van der Waals surface area contributed by atoms with Gasteiger partial charge < -0.3 is 10.3 Å². The second-order valence-corrected chi connectivity index (χ2v) is 6.66. The van der Waals surface area contributed by atoms with E-state index in [2.05, 4.69) is 34.5 Å². The smallest absolute Gasteiger partial charge is 0.165 e. The molecule has 30 heavy (non-hydrogen) atoms. The molecular formula is C24H26FN5. The summed E-state index contributed by atoms with van der Waals surface area (Å²) in [5.41, 5.74) is 8.58. The fraction of sp³-hybridized carbons (Fsp3) is 0.208. The van der Waals surface area contributed by atoms with Gasteiger partial charge in [-0.05, 0) is 62.4 Å². The lowest BCUT2D eigenvalue weighted by Gasteiger charge is -2.13. The maximum atomic E-state index is 14.3. The molecule has 2 heterocycles. The van der Waals surface area contributed by atoms with E-state index < -0.39 is 0 Å². The molecule has 6 heteroatoms. The van der Waals surface area contributed by atoms with E-state index in [9.17, 15) is 4.39 Å². The van der Waals surface area contributed by atoms with Crippen LogP contribution in [0.5, 0.6) is 0 Å². The maximum Gasteiger partial charge on any atom is 0.165 e. The fourth-order valence-corrected chi connectivity index (χ4v) is 3.32. The molecule has 4 rings (SSSR count). The topological polar surface area (TPSA) is 69.1 Å². The number of hydrogen-bond donors (Lipinski definition) is 1. The number of aryl methyl sites for hydroxylation is 1. The van der Waals surface area contributed by atoms with Gasteiger partial charge in [-0.2, -0.15) is 0 Å². The molecule has 0 amide bonds. The molecule has 0 aliphatic rings. The summed E-state index contributed by atoms with van der Waals surface area (Å²) in [7, 11) is 0. The van der Waals surface area contributed by atoms with Crippen LogP contribution in [0.3, 0.4) is 0 Å². The van der Waals surface area contributed by atoms with Crippen LogP contribution in [0.2, 0.25) is 0 Å². The van der Waals surface area contributed by atoms with Gasteiger partial charge >= 0.3 is 0 Å². The molecule has 2 aromatic carbocycles. The first kappa shape index (κ1) is 21.3. The molecule has 0 spiro atoms. The van der Waals surface area contributed by atoms with Gasteiger partial charge in [0.2, 0.25) is 0 Å². The summed E-state index contributed by atoms with van der Waals surface area (Å²) < 4.78 is 16.4. The Labute approximate surface area is 176 Å². The van der Waals surface area contributed by atoms with Crippen molar-refractivity contribution >= 4 is 17.1 Å². The van der Waals surface area contributed by atoms with Crippen molar-refractivity contribution in [3.05, 3.63) is 77.9 Å². The van der Waals surface area contributed by atoms with Crippen molar-refractivity contribution in [2.75, 3.05) is 6.67 Å². The van der Waals surface area contributed by atoms with Gasteiger partial charge in [0.05, 0.1) is 17.7 Å². The van der Waals surface area contributed by atoms with E-state index in [1.165, 1.54) is 17.3 Å². The lowest BCUT2D eigenvalue weighted by atomic mass is 10.1. The van der Waals surface area contributed by atoms with E-state index in [1.54, 1.807) is 24.4 Å². The largest absolute Gasteiger partial charge is 0.312 e. The maximum absolute atomic E-state index is 14.3. The summed E-state index contributed by atoms with van der Waals surface area (Å²) >= 11 is 0.